The van der Waals surface area contributed by atoms with Crippen molar-refractivity contribution in [3.05, 3.63) is 40.4 Å². The molecule has 1 aromatic carbocycles. The molecule has 0 saturated heterocycles. The van der Waals surface area contributed by atoms with Gasteiger partial charge in [0.05, 0.1) is 10.6 Å². The molecule has 136 valence electrons. The van der Waals surface area contributed by atoms with E-state index in [1.54, 1.807) is 6.92 Å². The normalized spacial score (nSPS) is 11.2. The largest absolute Gasteiger partial charge is 0.452 e. The lowest BCUT2D eigenvalue weighted by Crippen LogP contribution is -2.41. The van der Waals surface area contributed by atoms with E-state index in [1.165, 1.54) is 6.07 Å². The van der Waals surface area contributed by atoms with Crippen LogP contribution in [-0.4, -0.2) is 31.1 Å². The fourth-order valence-electron chi connectivity index (χ4n) is 1.58. The van der Waals surface area contributed by atoms with Crippen LogP contribution in [0.25, 0.3) is 6.08 Å². The van der Waals surface area contributed by atoms with Gasteiger partial charge in [-0.2, -0.15) is 13.2 Å². The van der Waals surface area contributed by atoms with Crippen LogP contribution < -0.4 is 10.6 Å². The molecule has 0 aliphatic heterocycles. The molecule has 0 aromatic heterocycles. The number of rotatable bonds is 5. The van der Waals surface area contributed by atoms with Crippen molar-refractivity contribution in [2.75, 3.05) is 13.2 Å². The van der Waals surface area contributed by atoms with Gasteiger partial charge in [-0.05, 0) is 30.7 Å². The number of halogens is 4. The van der Waals surface area contributed by atoms with Crippen LogP contribution in [0.4, 0.5) is 18.0 Å². The summed E-state index contributed by atoms with van der Waals surface area (Å²) in [4.78, 5) is 33.8. The zero-order valence-corrected chi connectivity index (χ0v) is 13.7. The molecule has 0 heterocycles. The van der Waals surface area contributed by atoms with Crippen molar-refractivity contribution in [2.45, 2.75) is 13.1 Å². The van der Waals surface area contributed by atoms with Crippen molar-refractivity contribution in [3.8, 4) is 0 Å². The average molecular weight is 379 g/mol. The molecular formula is C15H14ClF3N2O4. The van der Waals surface area contributed by atoms with Gasteiger partial charge in [0.25, 0.3) is 5.91 Å². The highest BCUT2D eigenvalue weighted by molar-refractivity contribution is 6.31. The summed E-state index contributed by atoms with van der Waals surface area (Å²) in [6.07, 6.45) is -2.70. The van der Waals surface area contributed by atoms with Gasteiger partial charge in [-0.25, -0.2) is 9.59 Å². The van der Waals surface area contributed by atoms with E-state index in [0.29, 0.717) is 6.54 Å². The third kappa shape index (κ3) is 7.25. The number of carbonyl (C=O) groups is 3. The number of alkyl halides is 3. The summed E-state index contributed by atoms with van der Waals surface area (Å²) in [5.74, 6) is -1.81. The Kier molecular flexibility index (Phi) is 7.43. The Morgan fingerprint density at radius 3 is 2.56 bits per heavy atom. The third-order valence-corrected chi connectivity index (χ3v) is 2.97. The van der Waals surface area contributed by atoms with Gasteiger partial charge in [-0.15, -0.1) is 0 Å². The first-order valence-electron chi connectivity index (χ1n) is 6.92. The average Bonchev–Trinajstić information content (AvgIpc) is 2.51. The molecule has 3 amide bonds. The van der Waals surface area contributed by atoms with E-state index in [0.717, 1.165) is 24.3 Å². The van der Waals surface area contributed by atoms with E-state index in [1.807, 2.05) is 5.32 Å². The quantitative estimate of drug-likeness (QED) is 0.609. The van der Waals surface area contributed by atoms with Gasteiger partial charge in [0.15, 0.2) is 6.61 Å². The Bertz CT molecular complexity index is 690. The third-order valence-electron chi connectivity index (χ3n) is 2.64. The Labute approximate surface area is 146 Å². The van der Waals surface area contributed by atoms with Gasteiger partial charge in [-0.1, -0.05) is 17.7 Å². The molecule has 1 rings (SSSR count). The van der Waals surface area contributed by atoms with Crippen LogP contribution in [0.2, 0.25) is 5.02 Å². The molecular weight excluding hydrogens is 365 g/mol. The van der Waals surface area contributed by atoms with Crippen molar-refractivity contribution in [1.29, 1.82) is 0 Å². The van der Waals surface area contributed by atoms with E-state index in [4.69, 9.17) is 11.6 Å². The van der Waals surface area contributed by atoms with Gasteiger partial charge in [-0.3, -0.25) is 10.1 Å². The topological polar surface area (TPSA) is 84.5 Å². The number of hydrogen-bond donors (Lipinski definition) is 2. The standard InChI is InChI=1S/C15H14ClF3N2O4/c1-2-20-14(24)21-12(22)8-25-13(23)6-4-9-3-5-11(16)10(7-9)15(17,18)19/h3-7H,2,8H2,1H3,(H2,20,21,22,24)/b6-4+. The van der Waals surface area contributed by atoms with Crippen LogP contribution in [-0.2, 0) is 20.5 Å². The number of ether oxygens (including phenoxy) is 1. The van der Waals surface area contributed by atoms with Crippen LogP contribution in [0.1, 0.15) is 18.1 Å². The maximum absolute atomic E-state index is 12.7. The molecule has 2 N–H and O–H groups in total. The number of urea groups is 1. The van der Waals surface area contributed by atoms with Crippen LogP contribution in [0.15, 0.2) is 24.3 Å². The summed E-state index contributed by atoms with van der Waals surface area (Å²) < 4.78 is 42.7. The molecule has 1 aromatic rings. The fourth-order valence-corrected chi connectivity index (χ4v) is 1.81. The maximum atomic E-state index is 12.7. The van der Waals surface area contributed by atoms with Crippen LogP contribution >= 0.6 is 11.6 Å². The highest BCUT2D eigenvalue weighted by Gasteiger charge is 2.33. The van der Waals surface area contributed by atoms with E-state index in [9.17, 15) is 27.6 Å². The predicted octanol–water partition coefficient (Wildman–Crippen LogP) is 2.76. The second-order valence-corrected chi connectivity index (χ2v) is 4.99. The number of amides is 3. The second kappa shape index (κ2) is 9.07. The minimum Gasteiger partial charge on any atom is -0.452 e. The Balaban J connectivity index is 2.60. The Morgan fingerprint density at radius 1 is 1.28 bits per heavy atom. The number of nitrogens with one attached hydrogen (secondary N) is 2. The van der Waals surface area contributed by atoms with E-state index in [2.05, 4.69) is 10.1 Å². The minimum atomic E-state index is -4.63. The van der Waals surface area contributed by atoms with E-state index >= 15 is 0 Å². The lowest BCUT2D eigenvalue weighted by molar-refractivity contribution is -0.143. The molecule has 0 aliphatic carbocycles. The van der Waals surface area contributed by atoms with Gasteiger partial charge in [0.2, 0.25) is 0 Å². The number of esters is 1. The molecule has 0 atom stereocenters. The lowest BCUT2D eigenvalue weighted by Gasteiger charge is -2.09. The number of benzene rings is 1. The Hall–Kier alpha value is -2.55. The number of imide groups is 1. The SMILES string of the molecule is CCNC(=O)NC(=O)COC(=O)/C=C/c1ccc(Cl)c(C(F)(F)F)c1. The van der Waals surface area contributed by atoms with Crippen molar-refractivity contribution in [2.24, 2.45) is 0 Å². The van der Waals surface area contributed by atoms with Crippen molar-refractivity contribution < 1.29 is 32.3 Å². The van der Waals surface area contributed by atoms with Crippen molar-refractivity contribution >= 4 is 35.6 Å². The highest BCUT2D eigenvalue weighted by Crippen LogP contribution is 2.35. The molecule has 10 heteroatoms. The minimum absolute atomic E-state index is 0.0699. The number of carbonyl (C=O) groups excluding carboxylic acids is 3. The molecule has 0 spiro atoms. The first-order chi connectivity index (χ1) is 11.6. The van der Waals surface area contributed by atoms with Gasteiger partial charge >= 0.3 is 18.2 Å². The second-order valence-electron chi connectivity index (χ2n) is 4.59. The molecule has 0 unspecified atom stereocenters. The molecule has 0 radical (unpaired) electrons. The first kappa shape index (κ1) is 20.5. The van der Waals surface area contributed by atoms with E-state index in [-0.39, 0.29) is 5.56 Å². The molecule has 0 bridgehead atoms. The molecule has 0 fully saturated rings. The Morgan fingerprint density at radius 2 is 1.96 bits per heavy atom. The van der Waals surface area contributed by atoms with Gasteiger partial charge in [0.1, 0.15) is 0 Å². The summed E-state index contributed by atoms with van der Waals surface area (Å²) in [5.41, 5.74) is -0.966. The number of hydrogen-bond acceptors (Lipinski definition) is 4. The van der Waals surface area contributed by atoms with Gasteiger partial charge in [0, 0.05) is 12.6 Å². The van der Waals surface area contributed by atoms with Crippen molar-refractivity contribution in [1.82, 2.24) is 10.6 Å². The first-order valence-corrected chi connectivity index (χ1v) is 7.30. The smallest absolute Gasteiger partial charge is 0.417 e. The van der Waals surface area contributed by atoms with Gasteiger partial charge < -0.3 is 10.1 Å². The summed E-state index contributed by atoms with van der Waals surface area (Å²) in [6.45, 7) is 1.24. The molecule has 0 saturated carbocycles. The van der Waals surface area contributed by atoms with Crippen LogP contribution in [0.5, 0.6) is 0 Å². The lowest BCUT2D eigenvalue weighted by atomic mass is 10.1. The summed E-state index contributed by atoms with van der Waals surface area (Å²) in [7, 11) is 0. The zero-order chi connectivity index (χ0) is 19.0. The maximum Gasteiger partial charge on any atom is 0.417 e. The van der Waals surface area contributed by atoms with Crippen molar-refractivity contribution in [3.63, 3.8) is 0 Å². The fraction of sp³-hybridized carbons (Fsp3) is 0.267. The van der Waals surface area contributed by atoms with E-state index < -0.39 is 41.3 Å². The summed E-state index contributed by atoms with van der Waals surface area (Å²) in [5, 5.41) is 3.75. The molecule has 0 aliphatic rings. The molecule has 6 nitrogen and oxygen atoms in total. The summed E-state index contributed by atoms with van der Waals surface area (Å²) in [6, 6.07) is 2.37. The van der Waals surface area contributed by atoms with Crippen LogP contribution in [0.3, 0.4) is 0 Å². The highest BCUT2D eigenvalue weighted by atomic mass is 35.5. The predicted molar refractivity (Wildman–Crippen MR) is 83.7 cm³/mol. The monoisotopic (exact) mass is 378 g/mol. The van der Waals surface area contributed by atoms with Crippen LogP contribution in [0, 0.1) is 0 Å². The molecule has 25 heavy (non-hydrogen) atoms. The summed E-state index contributed by atoms with van der Waals surface area (Å²) >= 11 is 5.48. The zero-order valence-electron chi connectivity index (χ0n) is 12.9.